The standard InChI is InChI=1S/C18H21N3O3S/c1-18(2,3)25(22,23)11-10-19-17-21-20-16(24-17)15-9-8-13-6-4-5-7-14(13)12-15/h4-9,12H,10-11H2,1-3H3,(H,19,21). The van der Waals surface area contributed by atoms with Gasteiger partial charge in [-0.15, -0.1) is 5.10 Å². The second-order valence-corrected chi connectivity index (χ2v) is 9.69. The summed E-state index contributed by atoms with van der Waals surface area (Å²) in [5, 5.41) is 13.1. The number of benzene rings is 2. The van der Waals surface area contributed by atoms with Crippen LogP contribution in [-0.4, -0.2) is 35.7 Å². The molecule has 1 N–H and O–H groups in total. The van der Waals surface area contributed by atoms with Crippen molar-refractivity contribution in [2.24, 2.45) is 0 Å². The number of nitrogens with zero attached hydrogens (tertiary/aromatic N) is 2. The molecular weight excluding hydrogens is 338 g/mol. The van der Waals surface area contributed by atoms with Gasteiger partial charge in [0.15, 0.2) is 9.84 Å². The molecule has 1 heterocycles. The fraction of sp³-hybridized carbons (Fsp3) is 0.333. The van der Waals surface area contributed by atoms with E-state index < -0.39 is 14.6 Å². The van der Waals surface area contributed by atoms with Gasteiger partial charge in [0.25, 0.3) is 0 Å². The third-order valence-electron chi connectivity index (χ3n) is 4.00. The normalized spacial score (nSPS) is 12.4. The fourth-order valence-corrected chi connectivity index (χ4v) is 3.32. The van der Waals surface area contributed by atoms with E-state index >= 15 is 0 Å². The van der Waals surface area contributed by atoms with E-state index in [4.69, 9.17) is 4.42 Å². The Morgan fingerprint density at radius 1 is 1.04 bits per heavy atom. The molecule has 2 aromatic carbocycles. The van der Waals surface area contributed by atoms with Crippen molar-refractivity contribution in [3.8, 4) is 11.5 Å². The highest BCUT2D eigenvalue weighted by atomic mass is 32.2. The van der Waals surface area contributed by atoms with Crippen LogP contribution in [0.2, 0.25) is 0 Å². The zero-order chi connectivity index (χ0) is 18.1. The molecule has 0 spiro atoms. The minimum absolute atomic E-state index is 0.00415. The van der Waals surface area contributed by atoms with E-state index in [2.05, 4.69) is 15.5 Å². The zero-order valence-electron chi connectivity index (χ0n) is 14.5. The first-order chi connectivity index (χ1) is 11.8. The highest BCUT2D eigenvalue weighted by molar-refractivity contribution is 7.92. The number of nitrogens with one attached hydrogen (secondary N) is 1. The van der Waals surface area contributed by atoms with Crippen molar-refractivity contribution in [2.75, 3.05) is 17.6 Å². The second-order valence-electron chi connectivity index (χ2n) is 6.83. The zero-order valence-corrected chi connectivity index (χ0v) is 15.3. The van der Waals surface area contributed by atoms with Gasteiger partial charge in [0.2, 0.25) is 5.89 Å². The smallest absolute Gasteiger partial charge is 0.315 e. The van der Waals surface area contributed by atoms with Crippen LogP contribution in [0.4, 0.5) is 6.01 Å². The second kappa shape index (κ2) is 6.48. The van der Waals surface area contributed by atoms with Gasteiger partial charge in [0.05, 0.1) is 10.5 Å². The first kappa shape index (κ1) is 17.4. The fourth-order valence-electron chi connectivity index (χ4n) is 2.33. The molecule has 0 fully saturated rings. The van der Waals surface area contributed by atoms with E-state index in [9.17, 15) is 8.42 Å². The molecule has 6 nitrogen and oxygen atoms in total. The summed E-state index contributed by atoms with van der Waals surface area (Å²) in [5.41, 5.74) is 0.821. The Morgan fingerprint density at radius 3 is 2.48 bits per heavy atom. The van der Waals surface area contributed by atoms with Crippen molar-refractivity contribution in [1.82, 2.24) is 10.2 Å². The van der Waals surface area contributed by atoms with Gasteiger partial charge >= 0.3 is 6.01 Å². The predicted octanol–water partition coefficient (Wildman–Crippen LogP) is 3.52. The van der Waals surface area contributed by atoms with Crippen LogP contribution >= 0.6 is 0 Å². The van der Waals surface area contributed by atoms with Crippen LogP contribution in [0.15, 0.2) is 46.9 Å². The van der Waals surface area contributed by atoms with Crippen LogP contribution in [0.25, 0.3) is 22.2 Å². The summed E-state index contributed by atoms with van der Waals surface area (Å²) < 4.78 is 29.0. The van der Waals surface area contributed by atoms with E-state index in [1.807, 2.05) is 42.5 Å². The molecule has 25 heavy (non-hydrogen) atoms. The summed E-state index contributed by atoms with van der Waals surface area (Å²) >= 11 is 0. The molecule has 132 valence electrons. The van der Waals surface area contributed by atoms with E-state index in [0.29, 0.717) is 5.89 Å². The van der Waals surface area contributed by atoms with Gasteiger partial charge < -0.3 is 9.73 Å². The Morgan fingerprint density at radius 2 is 1.76 bits per heavy atom. The first-order valence-corrected chi connectivity index (χ1v) is 9.70. The molecule has 3 rings (SSSR count). The molecule has 0 bridgehead atoms. The van der Waals surface area contributed by atoms with Crippen molar-refractivity contribution in [1.29, 1.82) is 0 Å². The highest BCUT2D eigenvalue weighted by Crippen LogP contribution is 2.24. The van der Waals surface area contributed by atoms with Crippen LogP contribution in [0, 0.1) is 0 Å². The van der Waals surface area contributed by atoms with Gasteiger partial charge in [-0.3, -0.25) is 0 Å². The maximum atomic E-state index is 12.1. The van der Waals surface area contributed by atoms with Gasteiger partial charge in [0, 0.05) is 12.1 Å². The molecule has 0 amide bonds. The SMILES string of the molecule is CC(C)(C)S(=O)(=O)CCNc1nnc(-c2ccc3ccccc3c2)o1. The molecule has 0 aliphatic heterocycles. The topological polar surface area (TPSA) is 85.1 Å². The van der Waals surface area contributed by atoms with Crippen LogP contribution in [0.3, 0.4) is 0 Å². The summed E-state index contributed by atoms with van der Waals surface area (Å²) in [5.74, 6) is 0.399. The third-order valence-corrected chi connectivity index (χ3v) is 6.61. The van der Waals surface area contributed by atoms with Crippen molar-refractivity contribution in [3.63, 3.8) is 0 Å². The lowest BCUT2D eigenvalue weighted by Crippen LogP contribution is -2.32. The first-order valence-electron chi connectivity index (χ1n) is 8.05. The minimum Gasteiger partial charge on any atom is -0.403 e. The van der Waals surface area contributed by atoms with E-state index in [1.165, 1.54) is 0 Å². The Bertz CT molecular complexity index is 988. The van der Waals surface area contributed by atoms with Gasteiger partial charge in [-0.1, -0.05) is 35.4 Å². The minimum atomic E-state index is -3.19. The van der Waals surface area contributed by atoms with E-state index in [1.54, 1.807) is 20.8 Å². The van der Waals surface area contributed by atoms with Crippen molar-refractivity contribution < 1.29 is 12.8 Å². The Balaban J connectivity index is 1.70. The Kier molecular flexibility index (Phi) is 4.51. The monoisotopic (exact) mass is 359 g/mol. The summed E-state index contributed by atoms with van der Waals surface area (Å²) in [6, 6.07) is 14.1. The Hall–Kier alpha value is -2.41. The summed E-state index contributed by atoms with van der Waals surface area (Å²) in [6.07, 6.45) is 0. The van der Waals surface area contributed by atoms with Gasteiger partial charge in [-0.25, -0.2) is 8.42 Å². The third kappa shape index (κ3) is 3.82. The number of aromatic nitrogens is 2. The average Bonchev–Trinajstić information content (AvgIpc) is 3.02. The van der Waals surface area contributed by atoms with Crippen LogP contribution in [0.5, 0.6) is 0 Å². The number of anilines is 1. The summed E-state index contributed by atoms with van der Waals surface area (Å²) in [7, 11) is -3.19. The molecule has 0 radical (unpaired) electrons. The van der Waals surface area contributed by atoms with Gasteiger partial charge in [-0.2, -0.15) is 0 Å². The van der Waals surface area contributed by atoms with Gasteiger partial charge in [0.1, 0.15) is 0 Å². The molecule has 0 saturated heterocycles. The molecule has 0 unspecified atom stereocenters. The number of hydrogen-bond donors (Lipinski definition) is 1. The van der Waals surface area contributed by atoms with Gasteiger partial charge in [-0.05, 0) is 43.7 Å². The lowest BCUT2D eigenvalue weighted by Gasteiger charge is -2.18. The molecule has 0 aliphatic carbocycles. The molecular formula is C18H21N3O3S. The maximum absolute atomic E-state index is 12.1. The molecule has 0 aliphatic rings. The van der Waals surface area contributed by atoms with Crippen LogP contribution in [0.1, 0.15) is 20.8 Å². The van der Waals surface area contributed by atoms with Crippen LogP contribution in [-0.2, 0) is 9.84 Å². The number of sulfone groups is 1. The lowest BCUT2D eigenvalue weighted by molar-refractivity contribution is 0.559. The number of fused-ring (bicyclic) bond motifs is 1. The number of hydrogen-bond acceptors (Lipinski definition) is 6. The Labute approximate surface area is 147 Å². The quantitative estimate of drug-likeness (QED) is 0.750. The maximum Gasteiger partial charge on any atom is 0.315 e. The van der Waals surface area contributed by atoms with Crippen LogP contribution < -0.4 is 5.32 Å². The average molecular weight is 359 g/mol. The predicted molar refractivity (Wildman–Crippen MR) is 99.3 cm³/mol. The summed E-state index contributed by atoms with van der Waals surface area (Å²) in [4.78, 5) is 0. The van der Waals surface area contributed by atoms with Crippen molar-refractivity contribution in [3.05, 3.63) is 42.5 Å². The highest BCUT2D eigenvalue weighted by Gasteiger charge is 2.28. The molecule has 0 atom stereocenters. The van der Waals surface area contributed by atoms with Crippen molar-refractivity contribution >= 4 is 26.6 Å². The van der Waals surface area contributed by atoms with E-state index in [-0.39, 0.29) is 18.3 Å². The molecule has 0 saturated carbocycles. The molecule has 1 aromatic heterocycles. The largest absolute Gasteiger partial charge is 0.403 e. The van der Waals surface area contributed by atoms with E-state index in [0.717, 1.165) is 16.3 Å². The lowest BCUT2D eigenvalue weighted by atomic mass is 10.1. The molecule has 3 aromatic rings. The number of rotatable bonds is 5. The van der Waals surface area contributed by atoms with Crippen molar-refractivity contribution in [2.45, 2.75) is 25.5 Å². The molecule has 7 heteroatoms. The summed E-state index contributed by atoms with van der Waals surface area (Å²) in [6.45, 7) is 5.28.